The van der Waals surface area contributed by atoms with Gasteiger partial charge in [0.25, 0.3) is 0 Å². The maximum Gasteiger partial charge on any atom is 0.308 e. The Morgan fingerprint density at radius 1 is 0.920 bits per heavy atom. The molecule has 146 valence electrons. The molecule has 1 heterocycles. The van der Waals surface area contributed by atoms with Crippen molar-refractivity contribution in [1.82, 2.24) is 0 Å². The van der Waals surface area contributed by atoms with Crippen LogP contribution in [0.2, 0.25) is 0 Å². The largest absolute Gasteiger partial charge is 0.436 e. The summed E-state index contributed by atoms with van der Waals surface area (Å²) in [6, 6.07) is 0. The highest BCUT2D eigenvalue weighted by molar-refractivity contribution is 5.69. The molecular weight excluding hydrogens is 312 g/mol. The summed E-state index contributed by atoms with van der Waals surface area (Å²) in [6.07, 6.45) is 23.4. The monoisotopic (exact) mass is 352 g/mol. The summed E-state index contributed by atoms with van der Waals surface area (Å²) in [5, 5.41) is 0. The number of hydrogen-bond acceptors (Lipinski definition) is 3. The van der Waals surface area contributed by atoms with Gasteiger partial charge in [0.05, 0.1) is 6.61 Å². The molecule has 0 N–H and O–H groups in total. The van der Waals surface area contributed by atoms with Gasteiger partial charge in [0.1, 0.15) is 0 Å². The molecule has 1 saturated heterocycles. The fourth-order valence-corrected chi connectivity index (χ4v) is 3.19. The molecule has 3 heteroatoms. The zero-order chi connectivity index (χ0) is 18.0. The Kier molecular flexibility index (Phi) is 14.8. The molecule has 1 fully saturated rings. The molecule has 1 rings (SSSR count). The highest BCUT2D eigenvalue weighted by Gasteiger charge is 2.19. The summed E-state index contributed by atoms with van der Waals surface area (Å²) in [4.78, 5) is 11.6. The lowest BCUT2D eigenvalue weighted by Crippen LogP contribution is -2.16. The minimum Gasteiger partial charge on any atom is -0.436 e. The van der Waals surface area contributed by atoms with Crippen LogP contribution in [0, 0.1) is 0 Å². The van der Waals surface area contributed by atoms with Crippen LogP contribution in [0.5, 0.6) is 0 Å². The number of rotatable bonds is 16. The third-order valence-corrected chi connectivity index (χ3v) is 4.79. The Balaban J connectivity index is 1.76. The van der Waals surface area contributed by atoms with E-state index in [0.29, 0.717) is 6.42 Å². The second-order valence-electron chi connectivity index (χ2n) is 7.27. The fraction of sp³-hybridized carbons (Fsp3) is 0.864. The summed E-state index contributed by atoms with van der Waals surface area (Å²) in [5.74, 6) is -0.0930. The van der Waals surface area contributed by atoms with Crippen molar-refractivity contribution in [2.24, 2.45) is 0 Å². The van der Waals surface area contributed by atoms with E-state index in [9.17, 15) is 4.79 Å². The molecule has 0 amide bonds. The summed E-state index contributed by atoms with van der Waals surface area (Å²) >= 11 is 0. The number of carbonyl (C=O) groups is 1. The molecule has 1 aliphatic rings. The topological polar surface area (TPSA) is 35.5 Å². The lowest BCUT2D eigenvalue weighted by atomic mass is 10.1. The van der Waals surface area contributed by atoms with Gasteiger partial charge < -0.3 is 9.47 Å². The van der Waals surface area contributed by atoms with Gasteiger partial charge in [-0.1, -0.05) is 70.4 Å². The minimum atomic E-state index is -0.268. The van der Waals surface area contributed by atoms with Crippen molar-refractivity contribution in [3.8, 4) is 0 Å². The van der Waals surface area contributed by atoms with Crippen LogP contribution >= 0.6 is 0 Å². The molecule has 3 nitrogen and oxygen atoms in total. The Morgan fingerprint density at radius 3 is 2.12 bits per heavy atom. The maximum atomic E-state index is 11.6. The Morgan fingerprint density at radius 2 is 1.52 bits per heavy atom. The zero-order valence-corrected chi connectivity index (χ0v) is 16.5. The van der Waals surface area contributed by atoms with E-state index in [1.165, 1.54) is 70.6 Å². The smallest absolute Gasteiger partial charge is 0.308 e. The van der Waals surface area contributed by atoms with Gasteiger partial charge in [-0.15, -0.1) is 0 Å². The van der Waals surface area contributed by atoms with E-state index >= 15 is 0 Å². The van der Waals surface area contributed by atoms with Crippen molar-refractivity contribution in [3.05, 3.63) is 12.2 Å². The van der Waals surface area contributed by atoms with E-state index in [0.717, 1.165) is 32.3 Å². The molecular formula is C22H40O3. The molecule has 1 unspecified atom stereocenters. The van der Waals surface area contributed by atoms with E-state index in [4.69, 9.17) is 9.47 Å². The predicted molar refractivity (Wildman–Crippen MR) is 105 cm³/mol. The molecule has 1 aliphatic heterocycles. The van der Waals surface area contributed by atoms with Gasteiger partial charge in [0, 0.05) is 12.8 Å². The van der Waals surface area contributed by atoms with Crippen molar-refractivity contribution in [1.29, 1.82) is 0 Å². The highest BCUT2D eigenvalue weighted by Crippen LogP contribution is 2.15. The third kappa shape index (κ3) is 14.1. The van der Waals surface area contributed by atoms with Crippen molar-refractivity contribution in [2.45, 2.75) is 116 Å². The molecule has 0 bridgehead atoms. The van der Waals surface area contributed by atoms with Crippen LogP contribution in [0.1, 0.15) is 110 Å². The first-order valence-electron chi connectivity index (χ1n) is 10.8. The van der Waals surface area contributed by atoms with Crippen molar-refractivity contribution in [2.75, 3.05) is 6.61 Å². The van der Waals surface area contributed by atoms with Gasteiger partial charge >= 0.3 is 5.97 Å². The lowest BCUT2D eigenvalue weighted by molar-refractivity contribution is -0.169. The number of hydrogen-bond donors (Lipinski definition) is 0. The molecule has 0 aromatic carbocycles. The van der Waals surface area contributed by atoms with Crippen molar-refractivity contribution >= 4 is 5.97 Å². The van der Waals surface area contributed by atoms with Gasteiger partial charge in [-0.3, -0.25) is 4.79 Å². The average molecular weight is 353 g/mol. The molecule has 0 radical (unpaired) electrons. The SMILES string of the molecule is CCCCCCCC/C=C\CCCCCCCC(=O)OC1CCCO1. The Labute approximate surface area is 155 Å². The van der Waals surface area contributed by atoms with E-state index < -0.39 is 0 Å². The summed E-state index contributed by atoms with van der Waals surface area (Å²) in [6.45, 7) is 2.99. The molecule has 25 heavy (non-hydrogen) atoms. The van der Waals surface area contributed by atoms with Crippen LogP contribution in [0.25, 0.3) is 0 Å². The van der Waals surface area contributed by atoms with Gasteiger partial charge in [0.2, 0.25) is 6.29 Å². The molecule has 0 spiro atoms. The van der Waals surface area contributed by atoms with E-state index in [2.05, 4.69) is 19.1 Å². The summed E-state index contributed by atoms with van der Waals surface area (Å²) < 4.78 is 10.6. The summed E-state index contributed by atoms with van der Waals surface area (Å²) in [7, 11) is 0. The molecule has 0 aromatic rings. The van der Waals surface area contributed by atoms with Gasteiger partial charge in [0.15, 0.2) is 0 Å². The normalized spacial score (nSPS) is 17.4. The van der Waals surface area contributed by atoms with Crippen LogP contribution in [0.15, 0.2) is 12.2 Å². The number of esters is 1. The second kappa shape index (κ2) is 16.6. The predicted octanol–water partition coefficient (Wildman–Crippen LogP) is 6.70. The van der Waals surface area contributed by atoms with E-state index in [1.54, 1.807) is 0 Å². The van der Waals surface area contributed by atoms with Crippen LogP contribution in [-0.4, -0.2) is 18.9 Å². The van der Waals surface area contributed by atoms with Gasteiger partial charge in [-0.05, 0) is 38.5 Å². The highest BCUT2D eigenvalue weighted by atomic mass is 16.7. The Hall–Kier alpha value is -0.830. The van der Waals surface area contributed by atoms with Crippen molar-refractivity contribution in [3.63, 3.8) is 0 Å². The second-order valence-corrected chi connectivity index (χ2v) is 7.27. The molecule has 0 aromatic heterocycles. The minimum absolute atomic E-state index is 0.0930. The number of carbonyl (C=O) groups excluding carboxylic acids is 1. The number of ether oxygens (including phenoxy) is 2. The van der Waals surface area contributed by atoms with E-state index in [1.807, 2.05) is 0 Å². The molecule has 1 atom stereocenters. The van der Waals surface area contributed by atoms with Crippen LogP contribution in [0.3, 0.4) is 0 Å². The first-order valence-corrected chi connectivity index (χ1v) is 10.8. The maximum absolute atomic E-state index is 11.6. The van der Waals surface area contributed by atoms with Crippen LogP contribution in [0.4, 0.5) is 0 Å². The van der Waals surface area contributed by atoms with Gasteiger partial charge in [-0.2, -0.15) is 0 Å². The number of allylic oxidation sites excluding steroid dienone is 2. The first kappa shape index (κ1) is 22.2. The number of unbranched alkanes of at least 4 members (excludes halogenated alkanes) is 11. The van der Waals surface area contributed by atoms with Crippen LogP contribution in [-0.2, 0) is 14.3 Å². The van der Waals surface area contributed by atoms with Crippen molar-refractivity contribution < 1.29 is 14.3 Å². The van der Waals surface area contributed by atoms with Gasteiger partial charge in [-0.25, -0.2) is 0 Å². The van der Waals surface area contributed by atoms with E-state index in [-0.39, 0.29) is 12.3 Å². The first-order chi connectivity index (χ1) is 12.3. The zero-order valence-electron chi connectivity index (χ0n) is 16.5. The standard InChI is InChI=1S/C22H40O3/c1-2-3-4-5-6-7-8-9-10-11-12-13-14-15-16-18-21(23)25-22-19-17-20-24-22/h9-10,22H,2-8,11-20H2,1H3/b10-9-. The van der Waals surface area contributed by atoms with Crippen LogP contribution < -0.4 is 0 Å². The molecule has 0 aliphatic carbocycles. The quantitative estimate of drug-likeness (QED) is 0.176. The Bertz CT molecular complexity index is 332. The lowest BCUT2D eigenvalue weighted by Gasteiger charge is -2.10. The third-order valence-electron chi connectivity index (χ3n) is 4.79. The summed E-state index contributed by atoms with van der Waals surface area (Å²) in [5.41, 5.74) is 0. The fourth-order valence-electron chi connectivity index (χ4n) is 3.19. The average Bonchev–Trinajstić information content (AvgIpc) is 3.11. The molecule has 0 saturated carbocycles.